The number of hydrogen-bond acceptors (Lipinski definition) is 5. The quantitative estimate of drug-likeness (QED) is 0.409. The maximum Gasteiger partial charge on any atom is 0.322 e. The van der Waals surface area contributed by atoms with Crippen LogP contribution in [-0.4, -0.2) is 79.1 Å². The smallest absolute Gasteiger partial charge is 0.322 e. The number of amides is 3. The first-order valence-electron chi connectivity index (χ1n) is 13.3. The summed E-state index contributed by atoms with van der Waals surface area (Å²) in [5.41, 5.74) is 4.03. The molecule has 1 N–H and O–H groups in total. The van der Waals surface area contributed by atoms with Crippen LogP contribution in [-0.2, 0) is 22.5 Å². The van der Waals surface area contributed by atoms with Gasteiger partial charge in [0.25, 0.3) is 0 Å². The first-order valence-corrected chi connectivity index (χ1v) is 13.3. The topological polar surface area (TPSA) is 78.3 Å². The molecule has 1 aromatic heterocycles. The monoisotopic (exact) mass is 518 g/mol. The van der Waals surface area contributed by atoms with Gasteiger partial charge >= 0.3 is 6.03 Å². The van der Waals surface area contributed by atoms with E-state index in [2.05, 4.69) is 22.3 Å². The van der Waals surface area contributed by atoms with Crippen molar-refractivity contribution in [2.24, 2.45) is 0 Å². The van der Waals surface area contributed by atoms with Crippen molar-refractivity contribution in [3.8, 4) is 0 Å². The highest BCUT2D eigenvalue weighted by Crippen LogP contribution is 2.19. The molecule has 8 heteroatoms. The molecule has 0 bridgehead atoms. The summed E-state index contributed by atoms with van der Waals surface area (Å²) >= 11 is 0. The van der Waals surface area contributed by atoms with E-state index >= 15 is 0 Å². The van der Waals surface area contributed by atoms with E-state index in [-0.39, 0.29) is 18.5 Å². The number of ether oxygens (including phenoxy) is 1. The fraction of sp³-hybridized carbons (Fsp3) is 0.400. The molecular weight excluding hydrogens is 480 g/mol. The molecule has 8 nitrogen and oxygen atoms in total. The number of furan rings is 1. The number of anilines is 1. The SMILES string of the molecule is Cc1cccc(NC(=O)N(CCN2CCOCC2)CC(=O)N(CCc2ccccc2)Cc2ccco2)c1C. The molecule has 0 aliphatic carbocycles. The minimum absolute atomic E-state index is 0.0173. The number of aryl methyl sites for hydroxylation is 1. The molecule has 1 fully saturated rings. The number of carbonyl (C=O) groups is 2. The minimum Gasteiger partial charge on any atom is -0.467 e. The predicted octanol–water partition coefficient (Wildman–Crippen LogP) is 4.33. The molecule has 3 amide bonds. The van der Waals surface area contributed by atoms with Crippen LogP contribution >= 0.6 is 0 Å². The Hall–Kier alpha value is -3.62. The van der Waals surface area contributed by atoms with Crippen molar-refractivity contribution < 1.29 is 18.7 Å². The summed E-state index contributed by atoms with van der Waals surface area (Å²) in [5.74, 6) is 0.599. The second-order valence-electron chi connectivity index (χ2n) is 9.68. The molecular formula is C30H38N4O4. The third-order valence-electron chi connectivity index (χ3n) is 7.04. The van der Waals surface area contributed by atoms with Gasteiger partial charge in [-0.25, -0.2) is 4.79 Å². The second kappa shape index (κ2) is 13.8. The van der Waals surface area contributed by atoms with E-state index in [1.165, 1.54) is 0 Å². The van der Waals surface area contributed by atoms with E-state index in [9.17, 15) is 9.59 Å². The zero-order valence-electron chi connectivity index (χ0n) is 22.4. The Bertz CT molecular complexity index is 1160. The standard InChI is InChI=1S/C30H38N4O4/c1-24-8-6-12-28(25(24)2)31-30(36)34(16-15-32-17-20-37-21-18-32)23-29(35)33(22-27-11-7-19-38-27)14-13-26-9-4-3-5-10-26/h3-12,19H,13-18,20-23H2,1-2H3,(H,31,36). The summed E-state index contributed by atoms with van der Waals surface area (Å²) in [4.78, 5) is 32.8. The van der Waals surface area contributed by atoms with Crippen LogP contribution < -0.4 is 5.32 Å². The van der Waals surface area contributed by atoms with Gasteiger partial charge in [-0.3, -0.25) is 9.69 Å². The van der Waals surface area contributed by atoms with Crippen molar-refractivity contribution in [2.45, 2.75) is 26.8 Å². The number of hydrogen-bond donors (Lipinski definition) is 1. The summed E-state index contributed by atoms with van der Waals surface area (Å²) < 4.78 is 11.0. The van der Waals surface area contributed by atoms with Gasteiger partial charge < -0.3 is 24.3 Å². The molecule has 1 saturated heterocycles. The van der Waals surface area contributed by atoms with E-state index in [1.807, 2.05) is 62.4 Å². The summed E-state index contributed by atoms with van der Waals surface area (Å²) in [6.07, 6.45) is 2.33. The Labute approximate surface area is 225 Å². The number of rotatable bonds is 11. The normalized spacial score (nSPS) is 13.7. The van der Waals surface area contributed by atoms with E-state index < -0.39 is 0 Å². The number of morpholine rings is 1. The van der Waals surface area contributed by atoms with E-state index in [0.29, 0.717) is 45.2 Å². The first kappa shape index (κ1) is 27.4. The summed E-state index contributed by atoms with van der Waals surface area (Å²) in [6.45, 7) is 9.00. The number of carbonyl (C=O) groups excluding carboxylic acids is 2. The maximum absolute atomic E-state index is 13.7. The fourth-order valence-electron chi connectivity index (χ4n) is 4.47. The predicted molar refractivity (Wildman–Crippen MR) is 148 cm³/mol. The molecule has 0 spiro atoms. The average Bonchev–Trinajstić information content (AvgIpc) is 3.46. The molecule has 1 aliphatic rings. The third kappa shape index (κ3) is 7.94. The fourth-order valence-corrected chi connectivity index (χ4v) is 4.47. The van der Waals surface area contributed by atoms with Gasteiger partial charge in [-0.2, -0.15) is 0 Å². The maximum atomic E-state index is 13.7. The van der Waals surface area contributed by atoms with Gasteiger partial charge in [0, 0.05) is 38.4 Å². The van der Waals surface area contributed by atoms with E-state index in [0.717, 1.165) is 41.9 Å². The lowest BCUT2D eigenvalue weighted by molar-refractivity contribution is -0.132. The Kier molecular flexibility index (Phi) is 9.95. The molecule has 0 unspecified atom stereocenters. The molecule has 1 aliphatic heterocycles. The largest absolute Gasteiger partial charge is 0.467 e. The Balaban J connectivity index is 1.47. The highest BCUT2D eigenvalue weighted by atomic mass is 16.5. The van der Waals surface area contributed by atoms with E-state index in [4.69, 9.17) is 9.15 Å². The average molecular weight is 519 g/mol. The van der Waals surface area contributed by atoms with Crippen LogP contribution in [0.2, 0.25) is 0 Å². The highest BCUT2D eigenvalue weighted by Gasteiger charge is 2.24. The minimum atomic E-state index is -0.277. The number of nitrogens with one attached hydrogen (secondary N) is 1. The van der Waals surface area contributed by atoms with Crippen LogP contribution in [0.1, 0.15) is 22.5 Å². The molecule has 2 heterocycles. The van der Waals surface area contributed by atoms with Gasteiger partial charge in [0.1, 0.15) is 12.3 Å². The summed E-state index contributed by atoms with van der Waals surface area (Å²) in [5, 5.41) is 3.04. The Morgan fingerprint density at radius 3 is 2.45 bits per heavy atom. The van der Waals surface area contributed by atoms with Crippen LogP contribution in [0.25, 0.3) is 0 Å². The van der Waals surface area contributed by atoms with Gasteiger partial charge in [0.05, 0.1) is 26.0 Å². The Morgan fingerprint density at radius 2 is 1.71 bits per heavy atom. The zero-order chi connectivity index (χ0) is 26.7. The van der Waals surface area contributed by atoms with Crippen molar-refractivity contribution in [1.82, 2.24) is 14.7 Å². The van der Waals surface area contributed by atoms with Crippen LogP contribution in [0, 0.1) is 13.8 Å². The summed E-state index contributed by atoms with van der Waals surface area (Å²) in [7, 11) is 0. The van der Waals surface area contributed by atoms with Gasteiger partial charge in [-0.1, -0.05) is 42.5 Å². The zero-order valence-corrected chi connectivity index (χ0v) is 22.4. The second-order valence-corrected chi connectivity index (χ2v) is 9.68. The van der Waals surface area contributed by atoms with Gasteiger partial charge in [-0.05, 0) is 55.2 Å². The first-order chi connectivity index (χ1) is 18.5. The van der Waals surface area contributed by atoms with Crippen LogP contribution in [0.5, 0.6) is 0 Å². The lowest BCUT2D eigenvalue weighted by Crippen LogP contribution is -2.48. The third-order valence-corrected chi connectivity index (χ3v) is 7.04. The van der Waals surface area contributed by atoms with Crippen LogP contribution in [0.4, 0.5) is 10.5 Å². The van der Waals surface area contributed by atoms with Gasteiger partial charge in [0.15, 0.2) is 0 Å². The molecule has 4 rings (SSSR count). The number of urea groups is 1. The van der Waals surface area contributed by atoms with Crippen molar-refractivity contribution in [3.05, 3.63) is 89.4 Å². The van der Waals surface area contributed by atoms with Crippen molar-refractivity contribution >= 4 is 17.6 Å². The lowest BCUT2D eigenvalue weighted by atomic mass is 10.1. The number of nitrogens with zero attached hydrogens (tertiary/aromatic N) is 3. The van der Waals surface area contributed by atoms with Gasteiger partial charge in [-0.15, -0.1) is 0 Å². The van der Waals surface area contributed by atoms with Crippen LogP contribution in [0.15, 0.2) is 71.3 Å². The molecule has 0 atom stereocenters. The molecule has 202 valence electrons. The Morgan fingerprint density at radius 1 is 0.921 bits per heavy atom. The molecule has 38 heavy (non-hydrogen) atoms. The van der Waals surface area contributed by atoms with Crippen molar-refractivity contribution in [1.29, 1.82) is 0 Å². The van der Waals surface area contributed by atoms with E-state index in [1.54, 1.807) is 16.1 Å². The molecule has 2 aromatic carbocycles. The van der Waals surface area contributed by atoms with Crippen LogP contribution in [0.3, 0.4) is 0 Å². The number of benzene rings is 2. The molecule has 3 aromatic rings. The molecule has 0 radical (unpaired) electrons. The summed E-state index contributed by atoms with van der Waals surface area (Å²) in [6, 6.07) is 19.3. The lowest BCUT2D eigenvalue weighted by Gasteiger charge is -2.31. The highest BCUT2D eigenvalue weighted by molar-refractivity contribution is 5.93. The van der Waals surface area contributed by atoms with Gasteiger partial charge in [0.2, 0.25) is 5.91 Å². The molecule has 0 saturated carbocycles. The van der Waals surface area contributed by atoms with Crippen molar-refractivity contribution in [2.75, 3.05) is 57.8 Å². The van der Waals surface area contributed by atoms with Crippen molar-refractivity contribution in [3.63, 3.8) is 0 Å².